The fourth-order valence-corrected chi connectivity index (χ4v) is 2.29. The average Bonchev–Trinajstić information content (AvgIpc) is 2.69. The van der Waals surface area contributed by atoms with Gasteiger partial charge in [-0.05, 0) is 17.6 Å². The molecular weight excluding hydrogens is 346 g/mol. The van der Waals surface area contributed by atoms with Gasteiger partial charge in [0.1, 0.15) is 11.9 Å². The van der Waals surface area contributed by atoms with Crippen LogP contribution in [-0.2, 0) is 16.1 Å². The molecule has 1 heterocycles. The van der Waals surface area contributed by atoms with Crippen molar-refractivity contribution < 1.29 is 14.8 Å². The molecule has 8 nitrogen and oxygen atoms in total. The van der Waals surface area contributed by atoms with E-state index in [9.17, 15) is 9.59 Å². The minimum absolute atomic E-state index is 0.0374. The monoisotopic (exact) mass is 369 g/mol. The highest BCUT2D eigenvalue weighted by Crippen LogP contribution is 2.11. The zero-order chi connectivity index (χ0) is 19.6. The molecule has 0 saturated heterocycles. The van der Waals surface area contributed by atoms with E-state index >= 15 is 0 Å². The Bertz CT molecular complexity index is 776. The van der Waals surface area contributed by atoms with E-state index in [0.29, 0.717) is 18.1 Å². The van der Waals surface area contributed by atoms with Gasteiger partial charge in [0.15, 0.2) is 0 Å². The predicted molar refractivity (Wildman–Crippen MR) is 102 cm³/mol. The van der Waals surface area contributed by atoms with Gasteiger partial charge in [0, 0.05) is 12.6 Å². The topological polar surface area (TPSA) is 116 Å². The van der Waals surface area contributed by atoms with Crippen LogP contribution in [0.25, 0.3) is 6.08 Å². The van der Waals surface area contributed by atoms with Crippen molar-refractivity contribution >= 4 is 23.7 Å². The molecule has 0 saturated carbocycles. The number of benzene rings is 1. The third-order valence-corrected chi connectivity index (χ3v) is 3.75. The smallest absolute Gasteiger partial charge is 0.267 e. The maximum absolute atomic E-state index is 12.5. The Morgan fingerprint density at radius 1 is 1.15 bits per heavy atom. The van der Waals surface area contributed by atoms with Gasteiger partial charge in [-0.1, -0.05) is 44.2 Å². The molecule has 1 aromatic carbocycles. The number of anilines is 1. The molecule has 2 amide bonds. The van der Waals surface area contributed by atoms with Crippen LogP contribution < -0.4 is 16.1 Å². The minimum Gasteiger partial charge on any atom is -0.357 e. The van der Waals surface area contributed by atoms with Crippen molar-refractivity contribution in [3.63, 3.8) is 0 Å². The number of carbonyl (C=O) groups excluding carboxylic acids is 2. The summed E-state index contributed by atoms with van der Waals surface area (Å²) in [5.41, 5.74) is 2.96. The fourth-order valence-electron chi connectivity index (χ4n) is 2.29. The number of hydroxylamine groups is 1. The van der Waals surface area contributed by atoms with Gasteiger partial charge in [-0.3, -0.25) is 19.8 Å². The number of nitrogens with one attached hydrogen (secondary N) is 3. The standard InChI is InChI=1S/C19H23N5O3/c1-13(2)18(19(26)22-10-14-6-4-3-5-7-14)23-16-12-20-15(11-21-16)8-9-17(25)24-27/h3-9,11-13,18,27H,10H2,1-2H3,(H,21,23)(H,22,26)(H,24,25)/b9-8+/t18-/m1/s1. The lowest BCUT2D eigenvalue weighted by Crippen LogP contribution is -2.42. The summed E-state index contributed by atoms with van der Waals surface area (Å²) < 4.78 is 0. The Morgan fingerprint density at radius 2 is 1.89 bits per heavy atom. The third kappa shape index (κ3) is 6.52. The quantitative estimate of drug-likeness (QED) is 0.320. The van der Waals surface area contributed by atoms with Crippen molar-refractivity contribution in [3.8, 4) is 0 Å². The van der Waals surface area contributed by atoms with Crippen LogP contribution in [-0.4, -0.2) is 33.0 Å². The lowest BCUT2D eigenvalue weighted by atomic mass is 10.0. The number of carbonyl (C=O) groups is 2. The number of rotatable bonds is 8. The van der Waals surface area contributed by atoms with Gasteiger partial charge in [-0.2, -0.15) is 0 Å². The largest absolute Gasteiger partial charge is 0.357 e. The van der Waals surface area contributed by atoms with Crippen molar-refractivity contribution in [1.29, 1.82) is 0 Å². The highest BCUT2D eigenvalue weighted by Gasteiger charge is 2.22. The minimum atomic E-state index is -0.658. The van der Waals surface area contributed by atoms with E-state index in [-0.39, 0.29) is 11.8 Å². The molecule has 27 heavy (non-hydrogen) atoms. The first-order valence-corrected chi connectivity index (χ1v) is 8.52. The Balaban J connectivity index is 1.97. The van der Waals surface area contributed by atoms with Crippen LogP contribution in [0.2, 0.25) is 0 Å². The first kappa shape index (κ1) is 20.1. The van der Waals surface area contributed by atoms with Gasteiger partial charge in [0.25, 0.3) is 5.91 Å². The van der Waals surface area contributed by atoms with E-state index in [0.717, 1.165) is 11.6 Å². The Kier molecular flexibility index (Phi) is 7.45. The van der Waals surface area contributed by atoms with Crippen LogP contribution in [0.1, 0.15) is 25.1 Å². The fraction of sp³-hybridized carbons (Fsp3) is 0.263. The molecule has 0 radical (unpaired) electrons. The Hall–Kier alpha value is -3.26. The highest BCUT2D eigenvalue weighted by molar-refractivity contribution is 5.90. The summed E-state index contributed by atoms with van der Waals surface area (Å²) in [4.78, 5) is 31.8. The summed E-state index contributed by atoms with van der Waals surface area (Å²) in [5.74, 6) is -0.295. The SMILES string of the molecule is CC(C)[C@@H](Nc1cnc(/C=C/C(=O)NO)cn1)C(=O)NCc1ccccc1. The van der Waals surface area contributed by atoms with Gasteiger partial charge >= 0.3 is 0 Å². The second-order valence-electron chi connectivity index (χ2n) is 6.21. The molecule has 0 fully saturated rings. The molecule has 0 aliphatic carbocycles. The zero-order valence-electron chi connectivity index (χ0n) is 15.2. The van der Waals surface area contributed by atoms with Crippen molar-refractivity contribution in [2.24, 2.45) is 5.92 Å². The van der Waals surface area contributed by atoms with Crippen LogP contribution in [0.3, 0.4) is 0 Å². The molecule has 0 aliphatic rings. The molecule has 142 valence electrons. The van der Waals surface area contributed by atoms with Gasteiger partial charge in [-0.25, -0.2) is 10.5 Å². The molecular formula is C19H23N5O3. The van der Waals surface area contributed by atoms with Crippen molar-refractivity contribution in [1.82, 2.24) is 20.8 Å². The molecule has 0 bridgehead atoms. The average molecular weight is 369 g/mol. The number of nitrogens with zero attached hydrogens (tertiary/aromatic N) is 2. The van der Waals surface area contributed by atoms with E-state index in [2.05, 4.69) is 20.6 Å². The maximum Gasteiger partial charge on any atom is 0.267 e. The number of aromatic nitrogens is 2. The van der Waals surface area contributed by atoms with Gasteiger partial charge < -0.3 is 10.6 Å². The lowest BCUT2D eigenvalue weighted by molar-refractivity contribution is -0.124. The molecule has 0 spiro atoms. The molecule has 1 atom stereocenters. The second kappa shape index (κ2) is 10.0. The molecule has 2 aromatic rings. The van der Waals surface area contributed by atoms with E-state index in [1.807, 2.05) is 44.2 Å². The number of hydrogen-bond donors (Lipinski definition) is 4. The Morgan fingerprint density at radius 3 is 2.48 bits per heavy atom. The molecule has 8 heteroatoms. The van der Waals surface area contributed by atoms with E-state index < -0.39 is 11.9 Å². The summed E-state index contributed by atoms with van der Waals surface area (Å²) in [5, 5.41) is 14.5. The van der Waals surface area contributed by atoms with Crippen molar-refractivity contribution in [2.75, 3.05) is 5.32 Å². The van der Waals surface area contributed by atoms with Crippen molar-refractivity contribution in [2.45, 2.75) is 26.4 Å². The van der Waals surface area contributed by atoms with E-state index in [1.54, 1.807) is 0 Å². The van der Waals surface area contributed by atoms with E-state index in [1.165, 1.54) is 23.9 Å². The van der Waals surface area contributed by atoms with Gasteiger partial charge in [0.05, 0.1) is 18.1 Å². The van der Waals surface area contributed by atoms with E-state index in [4.69, 9.17) is 5.21 Å². The van der Waals surface area contributed by atoms with Gasteiger partial charge in [0.2, 0.25) is 5.91 Å². The number of amides is 2. The predicted octanol–water partition coefficient (Wildman–Crippen LogP) is 1.75. The first-order valence-electron chi connectivity index (χ1n) is 8.52. The normalized spacial score (nSPS) is 12.0. The molecule has 2 rings (SSSR count). The molecule has 1 aromatic heterocycles. The highest BCUT2D eigenvalue weighted by atomic mass is 16.5. The van der Waals surface area contributed by atoms with Crippen LogP contribution in [0.5, 0.6) is 0 Å². The summed E-state index contributed by atoms with van der Waals surface area (Å²) >= 11 is 0. The number of hydrogen-bond acceptors (Lipinski definition) is 6. The summed E-state index contributed by atoms with van der Waals surface area (Å²) in [6.07, 6.45) is 5.49. The Labute approximate surface area is 157 Å². The van der Waals surface area contributed by atoms with Crippen LogP contribution in [0, 0.1) is 5.92 Å². The zero-order valence-corrected chi connectivity index (χ0v) is 15.2. The lowest BCUT2D eigenvalue weighted by Gasteiger charge is -2.22. The van der Waals surface area contributed by atoms with Crippen LogP contribution in [0.4, 0.5) is 5.82 Å². The third-order valence-electron chi connectivity index (χ3n) is 3.75. The second-order valence-corrected chi connectivity index (χ2v) is 6.21. The van der Waals surface area contributed by atoms with Crippen LogP contribution in [0.15, 0.2) is 48.8 Å². The summed E-state index contributed by atoms with van der Waals surface area (Å²) in [6, 6.07) is 9.21. The summed E-state index contributed by atoms with van der Waals surface area (Å²) in [6.45, 7) is 4.34. The molecule has 0 unspecified atom stereocenters. The maximum atomic E-state index is 12.5. The molecule has 0 aliphatic heterocycles. The summed E-state index contributed by atoms with van der Waals surface area (Å²) in [7, 11) is 0. The van der Waals surface area contributed by atoms with Gasteiger partial charge in [-0.15, -0.1) is 0 Å². The van der Waals surface area contributed by atoms with Crippen molar-refractivity contribution in [3.05, 3.63) is 60.1 Å². The van der Waals surface area contributed by atoms with Crippen LogP contribution >= 0.6 is 0 Å². The first-order chi connectivity index (χ1) is 13.0. The molecule has 4 N–H and O–H groups in total.